The molecule has 0 unspecified atom stereocenters. The molecule has 0 bridgehead atoms. The molecule has 1 heterocycles. The van der Waals surface area contributed by atoms with Crippen molar-refractivity contribution in [2.75, 3.05) is 5.32 Å². The Balaban J connectivity index is 1.50. The van der Waals surface area contributed by atoms with Crippen LogP contribution in [-0.2, 0) is 0 Å². The maximum absolute atomic E-state index is 12.7. The first-order valence-corrected chi connectivity index (χ1v) is 10.1. The predicted molar refractivity (Wildman–Crippen MR) is 120 cm³/mol. The van der Waals surface area contributed by atoms with E-state index in [-0.39, 0.29) is 12.0 Å². The van der Waals surface area contributed by atoms with Gasteiger partial charge < -0.3 is 14.5 Å². The van der Waals surface area contributed by atoms with Gasteiger partial charge in [0.15, 0.2) is 0 Å². The molecule has 0 aliphatic carbocycles. The number of aryl methyl sites for hydroxylation is 1. The zero-order valence-electron chi connectivity index (χ0n) is 17.6. The van der Waals surface area contributed by atoms with Gasteiger partial charge in [0, 0.05) is 16.7 Å². The molecular formula is C25H23N3O3. The number of carbonyl (C=O) groups is 1. The van der Waals surface area contributed by atoms with Gasteiger partial charge in [0.05, 0.1) is 11.8 Å². The molecule has 156 valence electrons. The maximum Gasteiger partial charge on any atom is 0.255 e. The molecule has 0 saturated carbocycles. The van der Waals surface area contributed by atoms with E-state index < -0.39 is 0 Å². The Morgan fingerprint density at radius 1 is 0.903 bits per heavy atom. The third-order valence-electron chi connectivity index (χ3n) is 4.58. The SMILES string of the molecule is Cc1cccc(-c2nnc(-c3ccc(C(=O)Nc4ccccc4OC(C)C)cc3)o2)c1. The number of benzene rings is 3. The number of ether oxygens (including phenoxy) is 1. The zero-order valence-corrected chi connectivity index (χ0v) is 17.6. The van der Waals surface area contributed by atoms with Gasteiger partial charge >= 0.3 is 0 Å². The molecule has 0 aliphatic rings. The van der Waals surface area contributed by atoms with Crippen LogP contribution in [0, 0.1) is 6.92 Å². The van der Waals surface area contributed by atoms with Crippen LogP contribution in [0.15, 0.2) is 77.2 Å². The molecule has 3 aromatic carbocycles. The van der Waals surface area contributed by atoms with Gasteiger partial charge in [-0.2, -0.15) is 0 Å². The highest BCUT2D eigenvalue weighted by atomic mass is 16.5. The number of nitrogens with one attached hydrogen (secondary N) is 1. The van der Waals surface area contributed by atoms with E-state index in [0.717, 1.165) is 16.7 Å². The Labute approximate surface area is 180 Å². The summed E-state index contributed by atoms with van der Waals surface area (Å²) in [5.41, 5.74) is 3.88. The van der Waals surface area contributed by atoms with E-state index in [1.54, 1.807) is 24.3 Å². The molecule has 31 heavy (non-hydrogen) atoms. The molecular weight excluding hydrogens is 390 g/mol. The first-order valence-electron chi connectivity index (χ1n) is 10.1. The zero-order chi connectivity index (χ0) is 21.8. The Morgan fingerprint density at radius 2 is 1.61 bits per heavy atom. The third kappa shape index (κ3) is 4.80. The summed E-state index contributed by atoms with van der Waals surface area (Å²) in [7, 11) is 0. The molecule has 0 atom stereocenters. The number of para-hydroxylation sites is 2. The van der Waals surface area contributed by atoms with Crippen molar-refractivity contribution in [2.24, 2.45) is 0 Å². The molecule has 1 aromatic heterocycles. The Hall–Kier alpha value is -3.93. The van der Waals surface area contributed by atoms with Gasteiger partial charge in [-0.15, -0.1) is 10.2 Å². The Kier molecular flexibility index (Phi) is 5.80. The minimum Gasteiger partial charge on any atom is -0.489 e. The topological polar surface area (TPSA) is 77.2 Å². The molecule has 1 amide bonds. The van der Waals surface area contributed by atoms with Gasteiger partial charge in [0.1, 0.15) is 5.75 Å². The number of anilines is 1. The summed E-state index contributed by atoms with van der Waals surface area (Å²) in [6, 6.07) is 22.3. The second-order valence-corrected chi connectivity index (χ2v) is 7.48. The van der Waals surface area contributed by atoms with Crippen molar-refractivity contribution >= 4 is 11.6 Å². The second kappa shape index (κ2) is 8.83. The minimum atomic E-state index is -0.225. The van der Waals surface area contributed by atoms with E-state index in [2.05, 4.69) is 15.5 Å². The lowest BCUT2D eigenvalue weighted by Gasteiger charge is -2.14. The van der Waals surface area contributed by atoms with Crippen molar-refractivity contribution in [3.63, 3.8) is 0 Å². The van der Waals surface area contributed by atoms with Gasteiger partial charge in [-0.3, -0.25) is 4.79 Å². The normalized spacial score (nSPS) is 10.8. The van der Waals surface area contributed by atoms with Gasteiger partial charge in [0.25, 0.3) is 5.91 Å². The minimum absolute atomic E-state index is 0.0106. The quantitative estimate of drug-likeness (QED) is 0.435. The van der Waals surface area contributed by atoms with Crippen molar-refractivity contribution in [2.45, 2.75) is 26.9 Å². The van der Waals surface area contributed by atoms with Crippen LogP contribution < -0.4 is 10.1 Å². The highest BCUT2D eigenvalue weighted by molar-refractivity contribution is 6.05. The average Bonchev–Trinajstić information content (AvgIpc) is 3.25. The van der Waals surface area contributed by atoms with Crippen molar-refractivity contribution in [3.8, 4) is 28.7 Å². The molecule has 6 nitrogen and oxygen atoms in total. The number of amides is 1. The summed E-state index contributed by atoms with van der Waals surface area (Å²) in [5.74, 6) is 1.27. The van der Waals surface area contributed by atoms with Gasteiger partial charge in [-0.25, -0.2) is 0 Å². The first-order chi connectivity index (χ1) is 15.0. The van der Waals surface area contributed by atoms with E-state index in [1.165, 1.54) is 0 Å². The number of rotatable bonds is 6. The van der Waals surface area contributed by atoms with Crippen LogP contribution in [0.1, 0.15) is 29.8 Å². The number of hydrogen-bond donors (Lipinski definition) is 1. The van der Waals surface area contributed by atoms with Crippen molar-refractivity contribution < 1.29 is 13.9 Å². The number of carbonyl (C=O) groups excluding carboxylic acids is 1. The highest BCUT2D eigenvalue weighted by Crippen LogP contribution is 2.27. The highest BCUT2D eigenvalue weighted by Gasteiger charge is 2.13. The van der Waals surface area contributed by atoms with E-state index in [1.807, 2.05) is 69.3 Å². The van der Waals surface area contributed by atoms with Crippen LogP contribution in [0.25, 0.3) is 22.9 Å². The second-order valence-electron chi connectivity index (χ2n) is 7.48. The number of hydrogen-bond acceptors (Lipinski definition) is 5. The van der Waals surface area contributed by atoms with E-state index in [0.29, 0.717) is 28.8 Å². The monoisotopic (exact) mass is 413 g/mol. The lowest BCUT2D eigenvalue weighted by Crippen LogP contribution is -2.14. The number of aromatic nitrogens is 2. The molecule has 6 heteroatoms. The average molecular weight is 413 g/mol. The molecule has 0 fully saturated rings. The van der Waals surface area contributed by atoms with Crippen LogP contribution in [0.4, 0.5) is 5.69 Å². The fraction of sp³-hybridized carbons (Fsp3) is 0.160. The van der Waals surface area contributed by atoms with Crippen molar-refractivity contribution in [1.29, 1.82) is 0 Å². The molecule has 0 saturated heterocycles. The van der Waals surface area contributed by atoms with Crippen LogP contribution in [0.5, 0.6) is 5.75 Å². The standard InChI is InChI=1S/C25H23N3O3/c1-16(2)30-22-10-5-4-9-21(22)26-23(29)18-11-13-19(14-12-18)24-27-28-25(31-24)20-8-6-7-17(3)15-20/h4-16H,1-3H3,(H,26,29). The van der Waals surface area contributed by atoms with Crippen LogP contribution in [0.2, 0.25) is 0 Å². The van der Waals surface area contributed by atoms with Gasteiger partial charge in [-0.05, 0) is 69.3 Å². The fourth-order valence-corrected chi connectivity index (χ4v) is 3.12. The van der Waals surface area contributed by atoms with E-state index >= 15 is 0 Å². The third-order valence-corrected chi connectivity index (χ3v) is 4.58. The molecule has 0 radical (unpaired) electrons. The molecule has 1 N–H and O–H groups in total. The molecule has 0 aliphatic heterocycles. The Morgan fingerprint density at radius 3 is 2.32 bits per heavy atom. The number of nitrogens with zero attached hydrogens (tertiary/aromatic N) is 2. The van der Waals surface area contributed by atoms with Crippen LogP contribution in [-0.4, -0.2) is 22.2 Å². The largest absolute Gasteiger partial charge is 0.489 e. The summed E-state index contributed by atoms with van der Waals surface area (Å²) in [5, 5.41) is 11.2. The van der Waals surface area contributed by atoms with Gasteiger partial charge in [-0.1, -0.05) is 29.8 Å². The summed E-state index contributed by atoms with van der Waals surface area (Å²) in [6.45, 7) is 5.90. The van der Waals surface area contributed by atoms with E-state index in [9.17, 15) is 4.79 Å². The lowest BCUT2D eigenvalue weighted by atomic mass is 10.1. The van der Waals surface area contributed by atoms with Crippen molar-refractivity contribution in [3.05, 3.63) is 83.9 Å². The lowest BCUT2D eigenvalue weighted by molar-refractivity contribution is 0.102. The molecule has 4 aromatic rings. The van der Waals surface area contributed by atoms with Gasteiger partial charge in [0.2, 0.25) is 11.8 Å². The fourth-order valence-electron chi connectivity index (χ4n) is 3.12. The molecule has 0 spiro atoms. The summed E-state index contributed by atoms with van der Waals surface area (Å²) in [6.07, 6.45) is 0.0106. The Bertz CT molecular complexity index is 1200. The molecule has 4 rings (SSSR count). The summed E-state index contributed by atoms with van der Waals surface area (Å²) >= 11 is 0. The summed E-state index contributed by atoms with van der Waals surface area (Å²) in [4.78, 5) is 12.7. The maximum atomic E-state index is 12.7. The van der Waals surface area contributed by atoms with Crippen LogP contribution in [0.3, 0.4) is 0 Å². The predicted octanol–water partition coefficient (Wildman–Crippen LogP) is 5.75. The van der Waals surface area contributed by atoms with Crippen LogP contribution >= 0.6 is 0 Å². The first kappa shape index (κ1) is 20.3. The van der Waals surface area contributed by atoms with E-state index in [4.69, 9.17) is 9.15 Å². The smallest absolute Gasteiger partial charge is 0.255 e. The van der Waals surface area contributed by atoms with Crippen molar-refractivity contribution in [1.82, 2.24) is 10.2 Å². The summed E-state index contributed by atoms with van der Waals surface area (Å²) < 4.78 is 11.6.